The van der Waals surface area contributed by atoms with Crippen molar-refractivity contribution in [3.8, 4) is 0 Å². The Morgan fingerprint density at radius 3 is 2.89 bits per heavy atom. The average Bonchev–Trinajstić information content (AvgIpc) is 3.07. The second-order valence-electron chi connectivity index (χ2n) is 6.53. The minimum absolute atomic E-state index is 0.0681. The molecule has 1 fully saturated rings. The molecule has 3 N–H and O–H groups in total. The number of amidine groups is 1. The molecular weight excluding hydrogens is 393 g/mol. The molecule has 28 heavy (non-hydrogen) atoms. The Morgan fingerprint density at radius 1 is 1.29 bits per heavy atom. The van der Waals surface area contributed by atoms with E-state index in [2.05, 4.69) is 15.3 Å². The van der Waals surface area contributed by atoms with Gasteiger partial charge in [-0.25, -0.2) is 23.1 Å². The van der Waals surface area contributed by atoms with Crippen molar-refractivity contribution in [2.45, 2.75) is 5.54 Å². The fraction of sp³-hybridized carbons (Fsp3) is 0.278. The van der Waals surface area contributed by atoms with Crippen LogP contribution in [0.1, 0.15) is 16.1 Å². The summed E-state index contributed by atoms with van der Waals surface area (Å²) in [6.45, 7) is 0.589. The van der Waals surface area contributed by atoms with Crippen molar-refractivity contribution in [1.29, 1.82) is 0 Å². The van der Waals surface area contributed by atoms with Crippen molar-refractivity contribution in [2.75, 3.05) is 24.3 Å². The van der Waals surface area contributed by atoms with E-state index in [1.807, 2.05) is 0 Å². The Hall–Kier alpha value is -2.59. The number of nitrogens with two attached hydrogens (primary N) is 1. The summed E-state index contributed by atoms with van der Waals surface area (Å²) < 4.78 is 47.0. The van der Waals surface area contributed by atoms with E-state index < -0.39 is 34.6 Å². The summed E-state index contributed by atoms with van der Waals surface area (Å²) in [6.07, 6.45) is 0.741. The number of aromatic nitrogens is 1. The zero-order valence-electron chi connectivity index (χ0n) is 14.4. The third-order valence-electron chi connectivity index (χ3n) is 4.77. The van der Waals surface area contributed by atoms with Crippen LogP contribution >= 0.6 is 11.8 Å². The average molecular weight is 408 g/mol. The lowest BCUT2D eigenvalue weighted by molar-refractivity contribution is 0.101. The minimum Gasteiger partial charge on any atom is -0.379 e. The van der Waals surface area contributed by atoms with E-state index in [1.54, 1.807) is 0 Å². The standard InChI is InChI=1S/C18H15F3N4O2S/c19-10-3-14(21)15(23-5-10)16(26)24-11-1-2-13(20)12(4-11)18-8-27-6-9(18)7-28-17(22)25-18/h1-5,9H,6-8H2,(H2,22,25)(H,24,26)/t9-,18-/m0/s1. The van der Waals surface area contributed by atoms with Gasteiger partial charge in [-0.2, -0.15) is 0 Å². The zero-order valence-corrected chi connectivity index (χ0v) is 15.2. The normalized spacial score (nSPS) is 23.8. The van der Waals surface area contributed by atoms with Gasteiger partial charge in [-0.05, 0) is 18.2 Å². The highest BCUT2D eigenvalue weighted by Gasteiger charge is 2.49. The number of benzene rings is 1. The SMILES string of the molecule is NC1=N[C@@]2(c3cc(NC(=O)c4ncc(F)cc4F)ccc3F)COC[C@H]2CS1. The molecule has 2 aromatic rings. The highest BCUT2D eigenvalue weighted by atomic mass is 32.2. The van der Waals surface area contributed by atoms with Gasteiger partial charge in [-0.1, -0.05) is 11.8 Å². The lowest BCUT2D eigenvalue weighted by Gasteiger charge is -2.34. The molecule has 1 aromatic heterocycles. The second-order valence-corrected chi connectivity index (χ2v) is 7.57. The first-order valence-electron chi connectivity index (χ1n) is 8.37. The van der Waals surface area contributed by atoms with Gasteiger partial charge < -0.3 is 15.8 Å². The number of nitrogens with one attached hydrogen (secondary N) is 1. The van der Waals surface area contributed by atoms with Crippen LogP contribution in [-0.4, -0.2) is 35.0 Å². The van der Waals surface area contributed by atoms with Gasteiger partial charge >= 0.3 is 0 Å². The van der Waals surface area contributed by atoms with E-state index in [9.17, 15) is 18.0 Å². The summed E-state index contributed by atoms with van der Waals surface area (Å²) in [6, 6.07) is 4.53. The largest absolute Gasteiger partial charge is 0.379 e. The number of nitrogens with zero attached hydrogens (tertiary/aromatic N) is 2. The molecule has 1 aromatic carbocycles. The number of aliphatic imine (C=N–C) groups is 1. The van der Waals surface area contributed by atoms with E-state index in [1.165, 1.54) is 30.0 Å². The molecule has 6 nitrogen and oxygen atoms in total. The molecule has 0 unspecified atom stereocenters. The molecule has 4 rings (SSSR count). The summed E-state index contributed by atoms with van der Waals surface area (Å²) in [5.74, 6) is -2.81. The van der Waals surface area contributed by atoms with Gasteiger partial charge in [0, 0.05) is 29.0 Å². The molecule has 3 heterocycles. The van der Waals surface area contributed by atoms with Crippen LogP contribution in [0.5, 0.6) is 0 Å². The summed E-state index contributed by atoms with van der Waals surface area (Å²) >= 11 is 1.38. The number of amides is 1. The molecule has 2 aliphatic rings. The molecular formula is C18H15F3N4O2S. The third kappa shape index (κ3) is 3.22. The van der Waals surface area contributed by atoms with Gasteiger partial charge in [0.1, 0.15) is 17.2 Å². The number of hydrogen-bond acceptors (Lipinski definition) is 6. The number of fused-ring (bicyclic) bond motifs is 1. The number of hydrogen-bond donors (Lipinski definition) is 2. The van der Waals surface area contributed by atoms with E-state index in [-0.39, 0.29) is 23.8 Å². The van der Waals surface area contributed by atoms with Crippen molar-refractivity contribution in [3.63, 3.8) is 0 Å². The molecule has 1 amide bonds. The van der Waals surface area contributed by atoms with E-state index >= 15 is 0 Å². The molecule has 146 valence electrons. The fourth-order valence-electron chi connectivity index (χ4n) is 3.40. The first kappa shape index (κ1) is 18.8. The van der Waals surface area contributed by atoms with Crippen LogP contribution in [0.3, 0.4) is 0 Å². The number of anilines is 1. The van der Waals surface area contributed by atoms with Gasteiger partial charge in [0.05, 0.1) is 19.4 Å². The van der Waals surface area contributed by atoms with Gasteiger partial charge in [0.25, 0.3) is 5.91 Å². The lowest BCUT2D eigenvalue weighted by Crippen LogP contribution is -2.40. The molecule has 0 aliphatic carbocycles. The Labute approximate surface area is 162 Å². The van der Waals surface area contributed by atoms with Gasteiger partial charge in [-0.15, -0.1) is 0 Å². The Bertz CT molecular complexity index is 987. The van der Waals surface area contributed by atoms with Crippen LogP contribution in [0.4, 0.5) is 18.9 Å². The van der Waals surface area contributed by atoms with E-state index in [4.69, 9.17) is 10.5 Å². The molecule has 10 heteroatoms. The van der Waals surface area contributed by atoms with Crippen LogP contribution in [0.15, 0.2) is 35.5 Å². The van der Waals surface area contributed by atoms with Gasteiger partial charge in [-0.3, -0.25) is 4.79 Å². The van der Waals surface area contributed by atoms with Crippen molar-refractivity contribution in [3.05, 3.63) is 59.2 Å². The Balaban J connectivity index is 1.68. The minimum atomic E-state index is -1.09. The summed E-state index contributed by atoms with van der Waals surface area (Å²) in [7, 11) is 0. The second kappa shape index (κ2) is 7.10. The maximum Gasteiger partial charge on any atom is 0.277 e. The number of thioether (sulfide) groups is 1. The molecule has 2 aliphatic heterocycles. The predicted octanol–water partition coefficient (Wildman–Crippen LogP) is 2.65. The van der Waals surface area contributed by atoms with Crippen molar-refractivity contribution < 1.29 is 22.7 Å². The summed E-state index contributed by atoms with van der Waals surface area (Å²) in [4.78, 5) is 20.2. The third-order valence-corrected chi connectivity index (χ3v) is 5.73. The first-order valence-corrected chi connectivity index (χ1v) is 9.36. The number of halogens is 3. The number of carbonyl (C=O) groups excluding carboxylic acids is 1. The van der Waals surface area contributed by atoms with Gasteiger partial charge in [0.2, 0.25) is 0 Å². The first-order chi connectivity index (χ1) is 13.4. The molecule has 1 saturated heterocycles. The van der Waals surface area contributed by atoms with Crippen molar-refractivity contribution in [1.82, 2.24) is 4.98 Å². The van der Waals surface area contributed by atoms with Gasteiger partial charge in [0.15, 0.2) is 16.7 Å². The maximum absolute atomic E-state index is 14.7. The fourth-order valence-corrected chi connectivity index (χ4v) is 4.37. The zero-order chi connectivity index (χ0) is 19.9. The number of ether oxygens (including phenoxy) is 1. The molecule has 0 bridgehead atoms. The molecule has 0 spiro atoms. The molecule has 0 saturated carbocycles. The molecule has 0 radical (unpaired) electrons. The van der Waals surface area contributed by atoms with E-state index in [0.717, 1.165) is 6.20 Å². The summed E-state index contributed by atoms with van der Waals surface area (Å²) in [5.41, 5.74) is 4.79. The topological polar surface area (TPSA) is 89.6 Å². The van der Waals surface area contributed by atoms with Crippen LogP contribution in [0.2, 0.25) is 0 Å². The number of rotatable bonds is 3. The van der Waals surface area contributed by atoms with E-state index in [0.29, 0.717) is 23.6 Å². The quantitative estimate of drug-likeness (QED) is 0.815. The van der Waals surface area contributed by atoms with Crippen molar-refractivity contribution >= 4 is 28.5 Å². The lowest BCUT2D eigenvalue weighted by atomic mass is 9.81. The highest BCUT2D eigenvalue weighted by Crippen LogP contribution is 2.45. The number of pyridine rings is 1. The highest BCUT2D eigenvalue weighted by molar-refractivity contribution is 8.13. The number of carbonyl (C=O) groups is 1. The van der Waals surface area contributed by atoms with Crippen LogP contribution in [-0.2, 0) is 10.3 Å². The summed E-state index contributed by atoms with van der Waals surface area (Å²) in [5, 5.41) is 2.80. The van der Waals surface area contributed by atoms with Crippen LogP contribution < -0.4 is 11.1 Å². The maximum atomic E-state index is 14.7. The van der Waals surface area contributed by atoms with Crippen LogP contribution in [0.25, 0.3) is 0 Å². The molecule has 2 atom stereocenters. The predicted molar refractivity (Wildman–Crippen MR) is 98.6 cm³/mol. The van der Waals surface area contributed by atoms with Crippen LogP contribution in [0, 0.1) is 23.4 Å². The van der Waals surface area contributed by atoms with Crippen molar-refractivity contribution in [2.24, 2.45) is 16.6 Å². The Kier molecular flexibility index (Phi) is 4.76. The monoisotopic (exact) mass is 408 g/mol. The smallest absolute Gasteiger partial charge is 0.277 e. The Morgan fingerprint density at radius 2 is 2.11 bits per heavy atom.